The molecule has 1 heterocycles. The summed E-state index contributed by atoms with van der Waals surface area (Å²) in [7, 11) is 0. The second-order valence-corrected chi connectivity index (χ2v) is 7.98. The van der Waals surface area contributed by atoms with Crippen molar-refractivity contribution >= 4 is 23.7 Å². The van der Waals surface area contributed by atoms with Crippen molar-refractivity contribution in [1.82, 2.24) is 0 Å². The molecule has 0 aliphatic heterocycles. The lowest BCUT2D eigenvalue weighted by Gasteiger charge is -2.61. The maximum absolute atomic E-state index is 5.97. The molecule has 0 amide bonds. The molecule has 106 valence electrons. The van der Waals surface area contributed by atoms with E-state index in [0.29, 0.717) is 5.41 Å². The van der Waals surface area contributed by atoms with Crippen LogP contribution in [0.2, 0.25) is 0 Å². The van der Waals surface area contributed by atoms with E-state index in [1.807, 2.05) is 11.3 Å². The summed E-state index contributed by atoms with van der Waals surface area (Å²) in [6.07, 6.45) is 8.75. The number of thiophene rings is 1. The summed E-state index contributed by atoms with van der Waals surface area (Å²) in [5, 5.41) is 2.26. The highest BCUT2D eigenvalue weighted by Gasteiger charge is 2.56. The molecule has 4 aliphatic carbocycles. The fourth-order valence-electron chi connectivity index (χ4n) is 5.86. The normalized spacial score (nSPS) is 43.2. The third-order valence-electron chi connectivity index (χ3n) is 5.95. The van der Waals surface area contributed by atoms with Crippen LogP contribution in [0, 0.1) is 23.2 Å². The topological polar surface area (TPSA) is 26.0 Å². The first-order chi connectivity index (χ1) is 8.81. The summed E-state index contributed by atoms with van der Waals surface area (Å²) >= 11 is 1.99. The van der Waals surface area contributed by atoms with Crippen molar-refractivity contribution in [2.24, 2.45) is 28.9 Å². The number of nitrogens with two attached hydrogens (primary N) is 1. The Bertz CT molecular complexity index is 416. The van der Waals surface area contributed by atoms with Crippen LogP contribution in [0.15, 0.2) is 17.5 Å². The zero-order chi connectivity index (χ0) is 12.2. The summed E-state index contributed by atoms with van der Waals surface area (Å²) in [6, 6.07) is 4.62. The molecule has 2 N–H and O–H groups in total. The van der Waals surface area contributed by atoms with E-state index in [9.17, 15) is 0 Å². The summed E-state index contributed by atoms with van der Waals surface area (Å²) in [6.45, 7) is 0.883. The van der Waals surface area contributed by atoms with Gasteiger partial charge in [-0.25, -0.2) is 0 Å². The van der Waals surface area contributed by atoms with E-state index in [2.05, 4.69) is 17.5 Å². The van der Waals surface area contributed by atoms with Gasteiger partial charge in [-0.2, -0.15) is 0 Å². The first kappa shape index (κ1) is 13.9. The molecular weight excluding hydrogens is 274 g/mol. The van der Waals surface area contributed by atoms with E-state index < -0.39 is 0 Å². The van der Waals surface area contributed by atoms with Gasteiger partial charge in [0.2, 0.25) is 0 Å². The number of hydrogen-bond acceptors (Lipinski definition) is 2. The average molecular weight is 298 g/mol. The molecule has 0 aromatic carbocycles. The highest BCUT2D eigenvalue weighted by molar-refractivity contribution is 7.10. The molecule has 4 aliphatic rings. The fourth-order valence-corrected chi connectivity index (χ4v) is 6.92. The van der Waals surface area contributed by atoms with Crippen molar-refractivity contribution in [2.75, 3.05) is 6.54 Å². The minimum Gasteiger partial charge on any atom is -0.330 e. The van der Waals surface area contributed by atoms with Crippen molar-refractivity contribution in [3.05, 3.63) is 22.4 Å². The van der Waals surface area contributed by atoms with E-state index in [1.54, 1.807) is 4.88 Å². The molecular formula is C16H24ClNS. The average Bonchev–Trinajstić information content (AvgIpc) is 2.80. The van der Waals surface area contributed by atoms with E-state index in [1.165, 1.54) is 38.5 Å². The second kappa shape index (κ2) is 5.05. The van der Waals surface area contributed by atoms with Crippen LogP contribution in [0.25, 0.3) is 0 Å². The summed E-state index contributed by atoms with van der Waals surface area (Å²) in [4.78, 5) is 1.66. The first-order valence-corrected chi connectivity index (χ1v) is 8.42. The number of rotatable bonds is 3. The highest BCUT2D eigenvalue weighted by atomic mass is 35.5. The zero-order valence-electron chi connectivity index (χ0n) is 11.4. The Morgan fingerprint density at radius 2 is 1.95 bits per heavy atom. The Morgan fingerprint density at radius 3 is 2.53 bits per heavy atom. The van der Waals surface area contributed by atoms with E-state index in [-0.39, 0.29) is 12.4 Å². The minimum absolute atomic E-state index is 0. The maximum atomic E-state index is 5.97. The van der Waals surface area contributed by atoms with Gasteiger partial charge in [-0.1, -0.05) is 6.07 Å². The van der Waals surface area contributed by atoms with Crippen molar-refractivity contribution in [2.45, 2.75) is 44.4 Å². The monoisotopic (exact) mass is 297 g/mol. The summed E-state index contributed by atoms with van der Waals surface area (Å²) < 4.78 is 0. The van der Waals surface area contributed by atoms with Crippen molar-refractivity contribution in [1.29, 1.82) is 0 Å². The molecule has 1 nitrogen and oxygen atoms in total. The van der Waals surface area contributed by atoms with Gasteiger partial charge in [-0.3, -0.25) is 0 Å². The van der Waals surface area contributed by atoms with Crippen LogP contribution in [0.5, 0.6) is 0 Å². The Hall–Kier alpha value is -0.0500. The van der Waals surface area contributed by atoms with Gasteiger partial charge in [0.1, 0.15) is 0 Å². The van der Waals surface area contributed by atoms with Crippen LogP contribution in [0.4, 0.5) is 0 Å². The van der Waals surface area contributed by atoms with Gasteiger partial charge < -0.3 is 5.73 Å². The Balaban J connectivity index is 0.00000110. The van der Waals surface area contributed by atoms with E-state index in [0.717, 1.165) is 30.2 Å². The molecule has 3 unspecified atom stereocenters. The number of hydrogen-bond donors (Lipinski definition) is 1. The molecule has 0 spiro atoms. The Labute approximate surface area is 126 Å². The van der Waals surface area contributed by atoms with Gasteiger partial charge in [0, 0.05) is 10.8 Å². The lowest BCUT2D eigenvalue weighted by Crippen LogP contribution is -2.51. The van der Waals surface area contributed by atoms with Gasteiger partial charge in [0.25, 0.3) is 0 Å². The highest BCUT2D eigenvalue weighted by Crippen LogP contribution is 2.67. The molecule has 19 heavy (non-hydrogen) atoms. The standard InChI is InChI=1S/C16H23NS.ClH/c17-4-3-16-9-11-6-12(10-16)8-13(7-11)15(16)14-2-1-5-18-14;/h1-2,5,11-13,15H,3-4,6-10,17H2;1H. The molecule has 4 fully saturated rings. The fraction of sp³-hybridized carbons (Fsp3) is 0.750. The first-order valence-electron chi connectivity index (χ1n) is 7.54. The molecule has 1 aromatic rings. The maximum Gasteiger partial charge on any atom is 0.00845 e. The molecule has 0 radical (unpaired) electrons. The number of halogens is 1. The molecule has 5 rings (SSSR count). The predicted octanol–water partition coefficient (Wildman–Crippen LogP) is 4.43. The summed E-state index contributed by atoms with van der Waals surface area (Å²) in [5.41, 5.74) is 6.55. The van der Waals surface area contributed by atoms with Gasteiger partial charge in [0.15, 0.2) is 0 Å². The Morgan fingerprint density at radius 1 is 1.21 bits per heavy atom. The van der Waals surface area contributed by atoms with Crippen LogP contribution >= 0.6 is 23.7 Å². The summed E-state index contributed by atoms with van der Waals surface area (Å²) in [5.74, 6) is 3.88. The van der Waals surface area contributed by atoms with Gasteiger partial charge >= 0.3 is 0 Å². The second-order valence-electron chi connectivity index (χ2n) is 7.00. The van der Waals surface area contributed by atoms with Gasteiger partial charge in [-0.05, 0) is 79.7 Å². The lowest BCUT2D eigenvalue weighted by atomic mass is 9.44. The smallest absolute Gasteiger partial charge is 0.00845 e. The molecule has 1 aromatic heterocycles. The van der Waals surface area contributed by atoms with Crippen molar-refractivity contribution in [3.63, 3.8) is 0 Å². The molecule has 3 heteroatoms. The van der Waals surface area contributed by atoms with E-state index >= 15 is 0 Å². The molecule has 4 saturated carbocycles. The Kier molecular flexibility index (Phi) is 3.70. The minimum atomic E-state index is 0. The molecule has 0 saturated heterocycles. The molecule has 4 bridgehead atoms. The van der Waals surface area contributed by atoms with Crippen LogP contribution in [-0.4, -0.2) is 6.54 Å². The quantitative estimate of drug-likeness (QED) is 0.877. The third kappa shape index (κ3) is 2.07. The predicted molar refractivity (Wildman–Crippen MR) is 84.0 cm³/mol. The van der Waals surface area contributed by atoms with Crippen LogP contribution < -0.4 is 5.73 Å². The third-order valence-corrected chi connectivity index (χ3v) is 6.91. The van der Waals surface area contributed by atoms with Crippen LogP contribution in [-0.2, 0) is 0 Å². The lowest BCUT2D eigenvalue weighted by molar-refractivity contribution is -0.0775. The SMILES string of the molecule is Cl.NCCC12CC3CC(CC(C3)C1c1cccs1)C2. The van der Waals surface area contributed by atoms with Crippen LogP contribution in [0.3, 0.4) is 0 Å². The van der Waals surface area contributed by atoms with E-state index in [4.69, 9.17) is 5.73 Å². The van der Waals surface area contributed by atoms with Crippen molar-refractivity contribution in [3.8, 4) is 0 Å². The van der Waals surface area contributed by atoms with Gasteiger partial charge in [0.05, 0.1) is 0 Å². The largest absolute Gasteiger partial charge is 0.330 e. The zero-order valence-corrected chi connectivity index (χ0v) is 13.0. The van der Waals surface area contributed by atoms with Crippen LogP contribution in [0.1, 0.15) is 49.3 Å². The van der Waals surface area contributed by atoms with Crippen molar-refractivity contribution < 1.29 is 0 Å². The molecule has 3 atom stereocenters. The van der Waals surface area contributed by atoms with Gasteiger partial charge in [-0.15, -0.1) is 23.7 Å².